The lowest BCUT2D eigenvalue weighted by atomic mass is 9.74. The van der Waals surface area contributed by atoms with Crippen molar-refractivity contribution in [3.05, 3.63) is 78.2 Å². The Morgan fingerprint density at radius 2 is 1.89 bits per heavy atom. The number of unbranched alkanes of at least 4 members (excludes halogenated alkanes) is 1. The maximum Gasteiger partial charge on any atom is 0.238 e. The zero-order valence-corrected chi connectivity index (χ0v) is 22.7. The fourth-order valence-corrected chi connectivity index (χ4v) is 5.93. The Bertz CT molecular complexity index is 1340. The first-order valence-electron chi connectivity index (χ1n) is 13.6. The molecule has 0 radical (unpaired) electrons. The summed E-state index contributed by atoms with van der Waals surface area (Å²) in [7, 11) is 0. The average molecular weight is 515 g/mol. The Balaban J connectivity index is 1.44. The second kappa shape index (κ2) is 10.4. The number of likely N-dealkylation sites (tertiary alicyclic amines) is 1. The number of fused-ring (bicyclic) bond motifs is 3. The molecule has 200 valence electrons. The van der Waals surface area contributed by atoms with Crippen LogP contribution in [0.4, 0.5) is 5.69 Å². The molecule has 3 aromatic rings. The number of aromatic nitrogens is 2. The molecule has 2 aromatic heterocycles. The molecule has 38 heavy (non-hydrogen) atoms. The van der Waals surface area contributed by atoms with Crippen LogP contribution >= 0.6 is 0 Å². The molecule has 7 nitrogen and oxygen atoms in total. The lowest BCUT2D eigenvalue weighted by Gasteiger charge is -2.41. The molecule has 0 aliphatic carbocycles. The Kier molecular flexibility index (Phi) is 7.14. The molecule has 0 atom stereocenters. The molecule has 1 aromatic carbocycles. The zero-order chi connectivity index (χ0) is 26.9. The number of ether oxygens (including phenoxy) is 1. The van der Waals surface area contributed by atoms with Gasteiger partial charge in [-0.05, 0) is 82.0 Å². The number of carbonyl (C=O) groups is 1. The average Bonchev–Trinajstić information content (AvgIpc) is 3.12. The van der Waals surface area contributed by atoms with Crippen LogP contribution in [0.2, 0.25) is 0 Å². The van der Waals surface area contributed by atoms with Crippen LogP contribution in [0.1, 0.15) is 63.3 Å². The topological polar surface area (TPSA) is 78.8 Å². The van der Waals surface area contributed by atoms with E-state index in [0.29, 0.717) is 38.4 Å². The molecule has 7 heteroatoms. The lowest BCUT2D eigenvalue weighted by Crippen LogP contribution is -2.48. The third-order valence-corrected chi connectivity index (χ3v) is 7.79. The predicted octanol–water partition coefficient (Wildman–Crippen LogP) is 5.11. The van der Waals surface area contributed by atoms with Crippen LogP contribution in [-0.2, 0) is 27.9 Å². The van der Waals surface area contributed by atoms with Crippen molar-refractivity contribution in [2.24, 2.45) is 0 Å². The standard InChI is InChI=1S/C31H38N4O3/c1-22(38-30(2,3)4)34-16-13-31(14-17-34)26-12-15-32-20-28(26)35(29(31)37)21-27-25(11-7-8-18-36)24-10-6-5-9-23(24)19-33-27/h5-6,9-10,12,15,19-20,36H,1,7-8,11,13-14,16-18,21H2,2-4H3. The number of hydrogen-bond acceptors (Lipinski definition) is 6. The van der Waals surface area contributed by atoms with Crippen molar-refractivity contribution in [1.29, 1.82) is 0 Å². The van der Waals surface area contributed by atoms with Gasteiger partial charge in [0.15, 0.2) is 5.88 Å². The Morgan fingerprint density at radius 1 is 1.13 bits per heavy atom. The number of nitrogens with zero attached hydrogens (tertiary/aromatic N) is 4. The van der Waals surface area contributed by atoms with Crippen LogP contribution < -0.4 is 4.90 Å². The Hall–Kier alpha value is -3.45. The van der Waals surface area contributed by atoms with Crippen LogP contribution in [-0.4, -0.2) is 51.2 Å². The Morgan fingerprint density at radius 3 is 2.63 bits per heavy atom. The van der Waals surface area contributed by atoms with Crippen LogP contribution in [0.3, 0.4) is 0 Å². The van der Waals surface area contributed by atoms with E-state index >= 15 is 0 Å². The third-order valence-electron chi connectivity index (χ3n) is 7.79. The van der Waals surface area contributed by atoms with Crippen molar-refractivity contribution in [2.75, 3.05) is 24.6 Å². The van der Waals surface area contributed by atoms with E-state index in [1.807, 2.05) is 56.3 Å². The quantitative estimate of drug-likeness (QED) is 0.332. The molecule has 1 amide bonds. The first-order chi connectivity index (χ1) is 18.2. The SMILES string of the molecule is C=C(OC(C)(C)C)N1CCC2(CC1)C(=O)N(Cc1ncc3ccccc3c1CCCCO)c1cnccc12. The molecular weight excluding hydrogens is 476 g/mol. The number of carbonyl (C=O) groups excluding carboxylic acids is 1. The summed E-state index contributed by atoms with van der Waals surface area (Å²) in [6.07, 6.45) is 9.32. The van der Waals surface area contributed by atoms with Gasteiger partial charge in [0.25, 0.3) is 0 Å². The van der Waals surface area contributed by atoms with E-state index in [0.717, 1.165) is 52.5 Å². The predicted molar refractivity (Wildman–Crippen MR) is 150 cm³/mol. The summed E-state index contributed by atoms with van der Waals surface area (Å²) < 4.78 is 6.02. The summed E-state index contributed by atoms with van der Waals surface area (Å²) in [6.45, 7) is 12.2. The maximum atomic E-state index is 14.2. The minimum Gasteiger partial charge on any atom is -0.474 e. The van der Waals surface area contributed by atoms with Crippen molar-refractivity contribution in [3.63, 3.8) is 0 Å². The molecule has 0 bridgehead atoms. The smallest absolute Gasteiger partial charge is 0.238 e. The molecule has 1 N–H and O–H groups in total. The number of hydrogen-bond donors (Lipinski definition) is 1. The van der Waals surface area contributed by atoms with Gasteiger partial charge in [0.1, 0.15) is 5.60 Å². The highest BCUT2D eigenvalue weighted by Crippen LogP contribution is 2.48. The molecule has 0 unspecified atom stereocenters. The van der Waals surface area contributed by atoms with E-state index in [9.17, 15) is 9.90 Å². The summed E-state index contributed by atoms with van der Waals surface area (Å²) in [5.41, 5.74) is 3.11. The number of aryl methyl sites for hydroxylation is 1. The number of aliphatic hydroxyl groups is 1. The fourth-order valence-electron chi connectivity index (χ4n) is 5.93. The van der Waals surface area contributed by atoms with Gasteiger partial charge in [0.05, 0.1) is 29.5 Å². The molecule has 1 saturated heterocycles. The van der Waals surface area contributed by atoms with Gasteiger partial charge in [-0.15, -0.1) is 0 Å². The fraction of sp³-hybridized carbons (Fsp3) is 0.452. The second-order valence-corrected chi connectivity index (χ2v) is 11.4. The van der Waals surface area contributed by atoms with Crippen LogP contribution in [0.15, 0.2) is 61.4 Å². The van der Waals surface area contributed by atoms with E-state index in [2.05, 4.69) is 28.6 Å². The van der Waals surface area contributed by atoms with E-state index in [1.165, 1.54) is 0 Å². The van der Waals surface area contributed by atoms with Crippen LogP contribution in [0, 0.1) is 0 Å². The van der Waals surface area contributed by atoms with Crippen molar-refractivity contribution < 1.29 is 14.6 Å². The van der Waals surface area contributed by atoms with Crippen molar-refractivity contribution in [1.82, 2.24) is 14.9 Å². The molecule has 0 saturated carbocycles. The lowest BCUT2D eigenvalue weighted by molar-refractivity contribution is -0.125. The normalized spacial score (nSPS) is 16.8. The number of amides is 1. The number of rotatable bonds is 8. The van der Waals surface area contributed by atoms with Gasteiger partial charge in [0.2, 0.25) is 5.91 Å². The first-order valence-corrected chi connectivity index (χ1v) is 13.6. The first kappa shape index (κ1) is 26.2. The molecular formula is C31H38N4O3. The van der Waals surface area contributed by atoms with Gasteiger partial charge in [-0.2, -0.15) is 0 Å². The molecule has 5 rings (SSSR count). The molecule has 4 heterocycles. The van der Waals surface area contributed by atoms with Crippen LogP contribution in [0.5, 0.6) is 0 Å². The third kappa shape index (κ3) is 4.87. The number of anilines is 1. The highest BCUT2D eigenvalue weighted by atomic mass is 16.5. The highest BCUT2D eigenvalue weighted by Gasteiger charge is 2.52. The minimum absolute atomic E-state index is 0.124. The maximum absolute atomic E-state index is 14.2. The van der Waals surface area contributed by atoms with Crippen molar-refractivity contribution in [2.45, 2.75) is 70.4 Å². The minimum atomic E-state index is -0.579. The summed E-state index contributed by atoms with van der Waals surface area (Å²) >= 11 is 0. The van der Waals surface area contributed by atoms with Crippen molar-refractivity contribution in [3.8, 4) is 0 Å². The monoisotopic (exact) mass is 514 g/mol. The number of pyridine rings is 2. The van der Waals surface area contributed by atoms with Gasteiger partial charge in [-0.3, -0.25) is 14.8 Å². The van der Waals surface area contributed by atoms with E-state index in [1.54, 1.807) is 6.20 Å². The van der Waals surface area contributed by atoms with Gasteiger partial charge in [-0.1, -0.05) is 24.3 Å². The number of piperidine rings is 1. The van der Waals surface area contributed by atoms with E-state index in [4.69, 9.17) is 9.72 Å². The number of aliphatic hydroxyl groups excluding tert-OH is 1. The largest absolute Gasteiger partial charge is 0.474 e. The number of benzene rings is 1. The summed E-state index contributed by atoms with van der Waals surface area (Å²) in [4.78, 5) is 27.5. The van der Waals surface area contributed by atoms with Crippen LogP contribution in [0.25, 0.3) is 10.8 Å². The second-order valence-electron chi connectivity index (χ2n) is 11.4. The molecule has 1 spiro atoms. The van der Waals surface area contributed by atoms with Gasteiger partial charge >= 0.3 is 0 Å². The van der Waals surface area contributed by atoms with Crippen molar-refractivity contribution >= 4 is 22.4 Å². The highest BCUT2D eigenvalue weighted by molar-refractivity contribution is 6.08. The zero-order valence-electron chi connectivity index (χ0n) is 22.7. The summed E-state index contributed by atoms with van der Waals surface area (Å²) in [6, 6.07) is 10.3. The summed E-state index contributed by atoms with van der Waals surface area (Å²) in [5, 5.41) is 11.6. The van der Waals surface area contributed by atoms with Gasteiger partial charge < -0.3 is 19.6 Å². The molecule has 2 aliphatic rings. The summed E-state index contributed by atoms with van der Waals surface area (Å²) in [5.74, 6) is 0.788. The van der Waals surface area contributed by atoms with E-state index < -0.39 is 5.41 Å². The van der Waals surface area contributed by atoms with Gasteiger partial charge in [0, 0.05) is 37.5 Å². The Labute approximate surface area is 225 Å². The molecule has 1 fully saturated rings. The van der Waals surface area contributed by atoms with E-state index in [-0.39, 0.29) is 18.1 Å². The molecule has 2 aliphatic heterocycles. The van der Waals surface area contributed by atoms with Gasteiger partial charge in [-0.25, -0.2) is 0 Å².